The molecule has 0 aliphatic rings. The number of ether oxygens (including phenoxy) is 2. The maximum absolute atomic E-state index is 5.77. The summed E-state index contributed by atoms with van der Waals surface area (Å²) in [5, 5.41) is 3.26. The van der Waals surface area contributed by atoms with Gasteiger partial charge >= 0.3 is 0 Å². The van der Waals surface area contributed by atoms with Crippen molar-refractivity contribution in [2.24, 2.45) is 0 Å². The largest absolute Gasteiger partial charge is 0.487 e. The van der Waals surface area contributed by atoms with Crippen LogP contribution < -0.4 is 10.1 Å². The monoisotopic (exact) mass is 286 g/mol. The molecule has 21 heavy (non-hydrogen) atoms. The van der Waals surface area contributed by atoms with E-state index in [1.807, 2.05) is 24.3 Å². The van der Waals surface area contributed by atoms with E-state index in [1.54, 1.807) is 13.3 Å². The number of hydrogen-bond donors (Lipinski definition) is 1. The second-order valence-electron chi connectivity index (χ2n) is 4.87. The summed E-state index contributed by atoms with van der Waals surface area (Å²) in [4.78, 5) is 4.38. The molecule has 2 rings (SSSR count). The van der Waals surface area contributed by atoms with Crippen LogP contribution in [-0.4, -0.2) is 25.2 Å². The third kappa shape index (κ3) is 5.17. The molecule has 0 spiro atoms. The number of aryl methyl sites for hydroxylation is 1. The van der Waals surface area contributed by atoms with Gasteiger partial charge in [0.2, 0.25) is 0 Å². The van der Waals surface area contributed by atoms with Gasteiger partial charge in [0, 0.05) is 20.2 Å². The van der Waals surface area contributed by atoms with Crippen molar-refractivity contribution in [1.82, 2.24) is 10.3 Å². The normalized spacial score (nSPS) is 10.6. The lowest BCUT2D eigenvalue weighted by atomic mass is 10.1. The van der Waals surface area contributed by atoms with Crippen molar-refractivity contribution in [3.05, 3.63) is 59.4 Å². The van der Waals surface area contributed by atoms with E-state index in [2.05, 4.69) is 29.4 Å². The van der Waals surface area contributed by atoms with Crippen LogP contribution in [0.15, 0.2) is 42.6 Å². The van der Waals surface area contributed by atoms with Crippen LogP contribution in [0.5, 0.6) is 5.75 Å². The minimum atomic E-state index is 0.569. The number of methoxy groups -OCH3 is 1. The lowest BCUT2D eigenvalue weighted by Crippen LogP contribution is -2.19. The summed E-state index contributed by atoms with van der Waals surface area (Å²) in [7, 11) is 1.69. The van der Waals surface area contributed by atoms with Crippen LogP contribution in [0, 0.1) is 6.92 Å². The van der Waals surface area contributed by atoms with Gasteiger partial charge in [0.05, 0.1) is 18.5 Å². The Morgan fingerprint density at radius 2 is 2.00 bits per heavy atom. The zero-order chi connectivity index (χ0) is 14.9. The van der Waals surface area contributed by atoms with Gasteiger partial charge in [-0.1, -0.05) is 24.3 Å². The summed E-state index contributed by atoms with van der Waals surface area (Å²) in [6, 6.07) is 12.2. The zero-order valence-corrected chi connectivity index (χ0v) is 12.6. The summed E-state index contributed by atoms with van der Waals surface area (Å²) in [6.45, 7) is 4.92. The average molecular weight is 286 g/mol. The molecule has 0 aliphatic heterocycles. The van der Waals surface area contributed by atoms with Crippen molar-refractivity contribution < 1.29 is 9.47 Å². The molecule has 1 aromatic heterocycles. The highest BCUT2D eigenvalue weighted by molar-refractivity contribution is 5.26. The van der Waals surface area contributed by atoms with Crippen molar-refractivity contribution in [2.45, 2.75) is 20.1 Å². The number of nitrogens with zero attached hydrogens (tertiary/aromatic N) is 1. The quantitative estimate of drug-likeness (QED) is 0.758. The summed E-state index contributed by atoms with van der Waals surface area (Å²) in [5.74, 6) is 0.791. The van der Waals surface area contributed by atoms with E-state index in [-0.39, 0.29) is 0 Å². The lowest BCUT2D eigenvalue weighted by Gasteiger charge is -2.09. The van der Waals surface area contributed by atoms with Gasteiger partial charge in [-0.3, -0.25) is 4.98 Å². The first-order valence-electron chi connectivity index (χ1n) is 7.11. The molecule has 0 aliphatic carbocycles. The van der Waals surface area contributed by atoms with Crippen molar-refractivity contribution in [3.63, 3.8) is 0 Å². The number of pyridine rings is 1. The van der Waals surface area contributed by atoms with E-state index in [9.17, 15) is 0 Å². The summed E-state index contributed by atoms with van der Waals surface area (Å²) in [6.07, 6.45) is 1.77. The van der Waals surface area contributed by atoms with Gasteiger partial charge in [0.1, 0.15) is 12.4 Å². The van der Waals surface area contributed by atoms with Gasteiger partial charge in [-0.15, -0.1) is 0 Å². The molecule has 0 radical (unpaired) electrons. The first-order chi connectivity index (χ1) is 10.3. The second kappa shape index (κ2) is 8.39. The fourth-order valence-electron chi connectivity index (χ4n) is 1.92. The highest BCUT2D eigenvalue weighted by atomic mass is 16.5. The first kappa shape index (κ1) is 15.5. The van der Waals surface area contributed by atoms with Crippen LogP contribution in [-0.2, 0) is 17.9 Å². The van der Waals surface area contributed by atoms with E-state index < -0.39 is 0 Å². The predicted octanol–water partition coefficient (Wildman–Crippen LogP) is 2.71. The summed E-state index contributed by atoms with van der Waals surface area (Å²) >= 11 is 0. The topological polar surface area (TPSA) is 43.4 Å². The molecule has 4 heteroatoms. The van der Waals surface area contributed by atoms with Crippen molar-refractivity contribution in [2.75, 3.05) is 20.3 Å². The van der Waals surface area contributed by atoms with Crippen molar-refractivity contribution >= 4 is 0 Å². The van der Waals surface area contributed by atoms with Crippen LogP contribution in [0.1, 0.15) is 16.8 Å². The minimum Gasteiger partial charge on any atom is -0.487 e. The van der Waals surface area contributed by atoms with Crippen molar-refractivity contribution in [1.29, 1.82) is 0 Å². The van der Waals surface area contributed by atoms with E-state index in [0.29, 0.717) is 13.2 Å². The molecule has 4 nitrogen and oxygen atoms in total. The fraction of sp³-hybridized carbons (Fsp3) is 0.353. The van der Waals surface area contributed by atoms with Gasteiger partial charge in [0.15, 0.2) is 0 Å². The Morgan fingerprint density at radius 1 is 1.14 bits per heavy atom. The first-order valence-corrected chi connectivity index (χ1v) is 7.11. The number of aromatic nitrogens is 1. The molecule has 0 saturated heterocycles. The molecule has 0 amide bonds. The second-order valence-corrected chi connectivity index (χ2v) is 4.87. The molecule has 1 aromatic carbocycles. The Hall–Kier alpha value is -1.91. The van der Waals surface area contributed by atoms with Gasteiger partial charge in [-0.25, -0.2) is 0 Å². The Bertz CT molecular complexity index is 541. The molecule has 1 heterocycles. The summed E-state index contributed by atoms with van der Waals surface area (Å²) < 4.78 is 10.7. The van der Waals surface area contributed by atoms with E-state index in [0.717, 1.165) is 24.5 Å². The van der Waals surface area contributed by atoms with Gasteiger partial charge in [-0.05, 0) is 30.2 Å². The molecule has 112 valence electrons. The molecule has 1 N–H and O–H groups in total. The van der Waals surface area contributed by atoms with E-state index >= 15 is 0 Å². The SMILES string of the molecule is COCCNCc1ccc(OCc2ccccc2C)cn1. The number of hydrogen-bond acceptors (Lipinski definition) is 4. The Morgan fingerprint density at radius 3 is 2.71 bits per heavy atom. The van der Waals surface area contributed by atoms with Crippen LogP contribution in [0.2, 0.25) is 0 Å². The summed E-state index contributed by atoms with van der Waals surface area (Å²) in [5.41, 5.74) is 3.43. The number of rotatable bonds is 8. The van der Waals surface area contributed by atoms with E-state index in [4.69, 9.17) is 9.47 Å². The average Bonchev–Trinajstić information content (AvgIpc) is 2.52. The fourth-order valence-corrected chi connectivity index (χ4v) is 1.92. The van der Waals surface area contributed by atoms with Crippen LogP contribution in [0.3, 0.4) is 0 Å². The van der Waals surface area contributed by atoms with Gasteiger partial charge in [0.25, 0.3) is 0 Å². The van der Waals surface area contributed by atoms with E-state index in [1.165, 1.54) is 11.1 Å². The molecule has 0 saturated carbocycles. The predicted molar refractivity (Wildman–Crippen MR) is 83.3 cm³/mol. The standard InChI is InChI=1S/C17H22N2O2/c1-14-5-3-4-6-15(14)13-21-17-8-7-16(19-12-17)11-18-9-10-20-2/h3-8,12,18H,9-11,13H2,1-2H3. The Balaban J connectivity index is 1.81. The Labute approximate surface area is 126 Å². The highest BCUT2D eigenvalue weighted by Gasteiger charge is 2.00. The maximum Gasteiger partial charge on any atom is 0.138 e. The molecular formula is C17H22N2O2. The minimum absolute atomic E-state index is 0.569. The van der Waals surface area contributed by atoms with Gasteiger partial charge in [-0.2, -0.15) is 0 Å². The zero-order valence-electron chi connectivity index (χ0n) is 12.6. The molecule has 0 fully saturated rings. The number of nitrogens with one attached hydrogen (secondary N) is 1. The Kier molecular flexibility index (Phi) is 6.19. The number of benzene rings is 1. The van der Waals surface area contributed by atoms with Crippen LogP contribution in [0.25, 0.3) is 0 Å². The maximum atomic E-state index is 5.77. The molecular weight excluding hydrogens is 264 g/mol. The molecule has 0 unspecified atom stereocenters. The van der Waals surface area contributed by atoms with Crippen molar-refractivity contribution in [3.8, 4) is 5.75 Å². The molecule has 2 aromatic rings. The smallest absolute Gasteiger partial charge is 0.138 e. The van der Waals surface area contributed by atoms with Crippen LogP contribution in [0.4, 0.5) is 0 Å². The highest BCUT2D eigenvalue weighted by Crippen LogP contribution is 2.14. The lowest BCUT2D eigenvalue weighted by molar-refractivity contribution is 0.199. The third-order valence-electron chi connectivity index (χ3n) is 3.24. The van der Waals surface area contributed by atoms with Gasteiger partial charge < -0.3 is 14.8 Å². The molecule has 0 bridgehead atoms. The molecule has 0 atom stereocenters. The van der Waals surface area contributed by atoms with Crippen LogP contribution >= 0.6 is 0 Å². The third-order valence-corrected chi connectivity index (χ3v) is 3.24.